The summed E-state index contributed by atoms with van der Waals surface area (Å²) < 4.78 is 0. The van der Waals surface area contributed by atoms with E-state index in [1.807, 2.05) is 0 Å². The third-order valence-electron chi connectivity index (χ3n) is 2.77. The molecule has 0 radical (unpaired) electrons. The van der Waals surface area contributed by atoms with Crippen molar-refractivity contribution in [2.45, 2.75) is 45.4 Å². The molecular weight excluding hydrogens is 248 g/mol. The van der Waals surface area contributed by atoms with E-state index in [4.69, 9.17) is 17.3 Å². The summed E-state index contributed by atoms with van der Waals surface area (Å²) in [6, 6.07) is 5.08. The van der Waals surface area contributed by atoms with E-state index in [9.17, 15) is 4.79 Å². The molecular formula is C14H21ClN2O. The molecule has 0 saturated heterocycles. The first kappa shape index (κ1) is 14.8. The molecule has 4 heteroatoms. The molecule has 100 valence electrons. The van der Waals surface area contributed by atoms with Crippen molar-refractivity contribution in [1.82, 2.24) is 0 Å². The lowest BCUT2D eigenvalue weighted by atomic mass is 10.1. The molecule has 1 aromatic carbocycles. The van der Waals surface area contributed by atoms with E-state index in [1.54, 1.807) is 18.2 Å². The summed E-state index contributed by atoms with van der Waals surface area (Å²) >= 11 is 5.97. The van der Waals surface area contributed by atoms with Crippen LogP contribution >= 0.6 is 11.6 Å². The van der Waals surface area contributed by atoms with Crippen molar-refractivity contribution in [3.63, 3.8) is 0 Å². The third-order valence-corrected chi connectivity index (χ3v) is 3.10. The monoisotopic (exact) mass is 268 g/mol. The number of anilines is 2. The number of rotatable bonds is 7. The molecule has 0 aliphatic heterocycles. The predicted octanol–water partition coefficient (Wildman–Crippen LogP) is 4.22. The summed E-state index contributed by atoms with van der Waals surface area (Å²) in [4.78, 5) is 11.7. The van der Waals surface area contributed by atoms with E-state index in [2.05, 4.69) is 12.2 Å². The maximum atomic E-state index is 11.7. The van der Waals surface area contributed by atoms with Crippen LogP contribution in [-0.4, -0.2) is 5.91 Å². The Bertz CT molecular complexity index is 393. The molecule has 0 spiro atoms. The minimum atomic E-state index is -0.000927. The Morgan fingerprint density at radius 3 is 2.72 bits per heavy atom. The van der Waals surface area contributed by atoms with E-state index in [0.29, 0.717) is 22.8 Å². The maximum absolute atomic E-state index is 11.7. The quantitative estimate of drug-likeness (QED) is 0.575. The number of carbonyl (C=O) groups is 1. The number of hydrogen-bond donors (Lipinski definition) is 2. The van der Waals surface area contributed by atoms with Crippen LogP contribution in [0.5, 0.6) is 0 Å². The van der Waals surface area contributed by atoms with E-state index in [0.717, 1.165) is 12.8 Å². The summed E-state index contributed by atoms with van der Waals surface area (Å²) in [5.41, 5.74) is 6.84. The topological polar surface area (TPSA) is 55.1 Å². The molecule has 0 atom stereocenters. The highest BCUT2D eigenvalue weighted by molar-refractivity contribution is 6.33. The molecule has 0 aliphatic rings. The fourth-order valence-corrected chi connectivity index (χ4v) is 1.91. The number of benzene rings is 1. The lowest BCUT2D eigenvalue weighted by Gasteiger charge is -2.08. The molecule has 3 nitrogen and oxygen atoms in total. The van der Waals surface area contributed by atoms with Gasteiger partial charge in [-0.05, 0) is 24.6 Å². The van der Waals surface area contributed by atoms with Gasteiger partial charge < -0.3 is 11.1 Å². The van der Waals surface area contributed by atoms with E-state index in [-0.39, 0.29) is 5.91 Å². The summed E-state index contributed by atoms with van der Waals surface area (Å²) in [6.07, 6.45) is 6.21. The molecule has 0 fully saturated rings. The SMILES string of the molecule is CCCCCCCC(=O)Nc1cc(N)ccc1Cl. The lowest BCUT2D eigenvalue weighted by molar-refractivity contribution is -0.116. The van der Waals surface area contributed by atoms with Crippen LogP contribution in [0, 0.1) is 0 Å². The fraction of sp³-hybridized carbons (Fsp3) is 0.500. The summed E-state index contributed by atoms with van der Waals surface area (Å²) in [5.74, 6) is -0.000927. The molecule has 0 aliphatic carbocycles. The Hall–Kier alpha value is -1.22. The van der Waals surface area contributed by atoms with Gasteiger partial charge in [0, 0.05) is 12.1 Å². The van der Waals surface area contributed by atoms with Gasteiger partial charge in [-0.3, -0.25) is 4.79 Å². The minimum Gasteiger partial charge on any atom is -0.399 e. The van der Waals surface area contributed by atoms with Crippen molar-refractivity contribution in [2.75, 3.05) is 11.1 Å². The van der Waals surface area contributed by atoms with Gasteiger partial charge >= 0.3 is 0 Å². The van der Waals surface area contributed by atoms with Crippen molar-refractivity contribution in [1.29, 1.82) is 0 Å². The highest BCUT2D eigenvalue weighted by Gasteiger charge is 2.05. The first-order valence-electron chi connectivity index (χ1n) is 6.48. The standard InChI is InChI=1S/C14H21ClN2O/c1-2-3-4-5-6-7-14(18)17-13-10-11(16)8-9-12(13)15/h8-10H,2-7,16H2,1H3,(H,17,18). The van der Waals surface area contributed by atoms with E-state index in [1.165, 1.54) is 19.3 Å². The van der Waals surface area contributed by atoms with Crippen LogP contribution in [0.1, 0.15) is 45.4 Å². The van der Waals surface area contributed by atoms with Gasteiger partial charge in [-0.2, -0.15) is 0 Å². The van der Waals surface area contributed by atoms with Gasteiger partial charge in [0.15, 0.2) is 0 Å². The van der Waals surface area contributed by atoms with Crippen LogP contribution in [-0.2, 0) is 4.79 Å². The second-order valence-corrected chi connectivity index (χ2v) is 4.86. The number of unbranched alkanes of at least 4 members (excludes halogenated alkanes) is 4. The molecule has 0 bridgehead atoms. The van der Waals surface area contributed by atoms with Gasteiger partial charge in [-0.1, -0.05) is 44.2 Å². The molecule has 1 amide bonds. The van der Waals surface area contributed by atoms with Crippen molar-refractivity contribution in [3.05, 3.63) is 23.2 Å². The third kappa shape index (κ3) is 5.41. The Balaban J connectivity index is 2.33. The zero-order chi connectivity index (χ0) is 13.4. The van der Waals surface area contributed by atoms with Gasteiger partial charge in [0.25, 0.3) is 0 Å². The number of amides is 1. The van der Waals surface area contributed by atoms with Crippen molar-refractivity contribution in [2.24, 2.45) is 0 Å². The number of carbonyl (C=O) groups excluding carboxylic acids is 1. The van der Waals surface area contributed by atoms with Crippen molar-refractivity contribution in [3.8, 4) is 0 Å². The van der Waals surface area contributed by atoms with Crippen LogP contribution in [0.3, 0.4) is 0 Å². The number of nitrogens with two attached hydrogens (primary N) is 1. The first-order valence-corrected chi connectivity index (χ1v) is 6.86. The normalized spacial score (nSPS) is 10.3. The predicted molar refractivity (Wildman–Crippen MR) is 77.9 cm³/mol. The number of halogens is 1. The van der Waals surface area contributed by atoms with Crippen LogP contribution in [0.4, 0.5) is 11.4 Å². The Labute approximate surface area is 114 Å². The van der Waals surface area contributed by atoms with Crippen molar-refractivity contribution < 1.29 is 4.79 Å². The molecule has 18 heavy (non-hydrogen) atoms. The van der Waals surface area contributed by atoms with E-state index < -0.39 is 0 Å². The second-order valence-electron chi connectivity index (χ2n) is 4.45. The van der Waals surface area contributed by atoms with Crippen LogP contribution in [0.2, 0.25) is 5.02 Å². The van der Waals surface area contributed by atoms with Gasteiger partial charge in [-0.15, -0.1) is 0 Å². The lowest BCUT2D eigenvalue weighted by Crippen LogP contribution is -2.11. The molecule has 0 heterocycles. The molecule has 0 unspecified atom stereocenters. The van der Waals surface area contributed by atoms with Gasteiger partial charge in [0.05, 0.1) is 10.7 Å². The highest BCUT2D eigenvalue weighted by Crippen LogP contribution is 2.24. The summed E-state index contributed by atoms with van der Waals surface area (Å²) in [7, 11) is 0. The zero-order valence-corrected chi connectivity index (χ0v) is 11.6. The summed E-state index contributed by atoms with van der Waals surface area (Å²) in [5, 5.41) is 3.31. The second kappa shape index (κ2) is 7.98. The Morgan fingerprint density at radius 2 is 2.00 bits per heavy atom. The Kier molecular flexibility index (Phi) is 6.58. The minimum absolute atomic E-state index is 0.000927. The largest absolute Gasteiger partial charge is 0.399 e. The zero-order valence-electron chi connectivity index (χ0n) is 10.8. The van der Waals surface area contributed by atoms with Crippen LogP contribution in [0.15, 0.2) is 18.2 Å². The first-order chi connectivity index (χ1) is 8.63. The number of nitrogen functional groups attached to an aromatic ring is 1. The Morgan fingerprint density at radius 1 is 1.28 bits per heavy atom. The van der Waals surface area contributed by atoms with Crippen molar-refractivity contribution >= 4 is 28.9 Å². The van der Waals surface area contributed by atoms with Gasteiger partial charge in [0.1, 0.15) is 0 Å². The van der Waals surface area contributed by atoms with Gasteiger partial charge in [0.2, 0.25) is 5.91 Å². The number of nitrogens with one attached hydrogen (secondary N) is 1. The van der Waals surface area contributed by atoms with Crippen LogP contribution < -0.4 is 11.1 Å². The molecule has 3 N–H and O–H groups in total. The maximum Gasteiger partial charge on any atom is 0.224 e. The van der Waals surface area contributed by atoms with Gasteiger partial charge in [-0.25, -0.2) is 0 Å². The molecule has 1 aromatic rings. The summed E-state index contributed by atoms with van der Waals surface area (Å²) in [6.45, 7) is 2.18. The average molecular weight is 269 g/mol. The average Bonchev–Trinajstić information content (AvgIpc) is 2.33. The highest BCUT2D eigenvalue weighted by atomic mass is 35.5. The van der Waals surface area contributed by atoms with Crippen LogP contribution in [0.25, 0.3) is 0 Å². The fourth-order valence-electron chi connectivity index (χ4n) is 1.74. The van der Waals surface area contributed by atoms with E-state index >= 15 is 0 Å². The molecule has 0 saturated carbocycles. The smallest absolute Gasteiger partial charge is 0.224 e. The number of hydrogen-bond acceptors (Lipinski definition) is 2. The molecule has 0 aromatic heterocycles. The molecule has 1 rings (SSSR count).